The molecule has 0 spiro atoms. The lowest BCUT2D eigenvalue weighted by atomic mass is 9.73. The van der Waals surface area contributed by atoms with Gasteiger partial charge in [-0.1, -0.05) is 66.7 Å². The van der Waals surface area contributed by atoms with E-state index < -0.39 is 0 Å². The minimum atomic E-state index is 0.585. The average Bonchev–Trinajstić information content (AvgIpc) is 2.68. The summed E-state index contributed by atoms with van der Waals surface area (Å²) in [4.78, 5) is 0. The molecule has 1 atom stereocenters. The molecule has 0 aromatic heterocycles. The molecule has 0 nitrogen and oxygen atoms in total. The van der Waals surface area contributed by atoms with Crippen molar-refractivity contribution < 1.29 is 0 Å². The molecule has 1 unspecified atom stereocenters. The van der Waals surface area contributed by atoms with E-state index in [0.717, 1.165) is 24.3 Å². The smallest absolute Gasteiger partial charge is 0.0406 e. The number of hydrogen-bond donors (Lipinski definition) is 0. The van der Waals surface area contributed by atoms with Crippen LogP contribution in [0.4, 0.5) is 0 Å². The van der Waals surface area contributed by atoms with Crippen molar-refractivity contribution >= 4 is 17.2 Å². The van der Waals surface area contributed by atoms with Gasteiger partial charge in [-0.05, 0) is 88.3 Å². The van der Waals surface area contributed by atoms with E-state index in [1.54, 1.807) is 0 Å². The Labute approximate surface area is 160 Å². The zero-order chi connectivity index (χ0) is 17.7. The number of rotatable bonds is 1. The van der Waals surface area contributed by atoms with Crippen LogP contribution in [0.2, 0.25) is 5.02 Å². The average molecular weight is 357 g/mol. The monoisotopic (exact) mass is 356 g/mol. The van der Waals surface area contributed by atoms with Crippen LogP contribution in [0, 0.1) is 0 Å². The third-order valence-corrected chi connectivity index (χ3v) is 6.28. The van der Waals surface area contributed by atoms with Gasteiger partial charge in [-0.2, -0.15) is 0 Å². The van der Waals surface area contributed by atoms with Gasteiger partial charge in [-0.3, -0.25) is 0 Å². The van der Waals surface area contributed by atoms with E-state index in [4.69, 9.17) is 11.6 Å². The van der Waals surface area contributed by atoms with Crippen molar-refractivity contribution in [2.24, 2.45) is 0 Å². The molecule has 128 valence electrons. The summed E-state index contributed by atoms with van der Waals surface area (Å²) in [6.07, 6.45) is 4.41. The van der Waals surface area contributed by atoms with Crippen LogP contribution in [0.5, 0.6) is 0 Å². The van der Waals surface area contributed by atoms with Crippen LogP contribution in [0.1, 0.15) is 40.2 Å². The Kier molecular flexibility index (Phi) is 3.76. The molecule has 26 heavy (non-hydrogen) atoms. The van der Waals surface area contributed by atoms with E-state index >= 15 is 0 Å². The first-order chi connectivity index (χ1) is 12.7. The fourth-order valence-electron chi connectivity index (χ4n) is 4.76. The Hall–Kier alpha value is -2.31. The van der Waals surface area contributed by atoms with Crippen LogP contribution >= 0.6 is 11.6 Å². The largest absolute Gasteiger partial charge is 0.0949 e. The maximum atomic E-state index is 6.06. The third-order valence-electron chi connectivity index (χ3n) is 6.03. The molecular formula is C25H21Cl. The van der Waals surface area contributed by atoms with Crippen molar-refractivity contribution in [2.75, 3.05) is 0 Å². The fraction of sp³-hybridized carbons (Fsp3) is 0.200. The Bertz CT molecular complexity index is 1010. The van der Waals surface area contributed by atoms with Gasteiger partial charge in [0, 0.05) is 5.02 Å². The lowest BCUT2D eigenvalue weighted by molar-refractivity contribution is 0.584. The van der Waals surface area contributed by atoms with Gasteiger partial charge >= 0.3 is 0 Å². The first kappa shape index (κ1) is 15.9. The first-order valence-electron chi connectivity index (χ1n) is 9.37. The third kappa shape index (κ3) is 2.52. The Balaban J connectivity index is 1.57. The molecule has 0 bridgehead atoms. The second kappa shape index (κ2) is 6.14. The van der Waals surface area contributed by atoms with Crippen LogP contribution < -0.4 is 0 Å². The maximum Gasteiger partial charge on any atom is 0.0406 e. The van der Waals surface area contributed by atoms with Crippen molar-refractivity contribution in [1.82, 2.24) is 0 Å². The van der Waals surface area contributed by atoms with Gasteiger partial charge in [-0.15, -0.1) is 0 Å². The number of allylic oxidation sites excluding steroid dienone is 1. The molecule has 0 saturated heterocycles. The highest BCUT2D eigenvalue weighted by Gasteiger charge is 2.27. The highest BCUT2D eigenvalue weighted by Crippen LogP contribution is 2.44. The molecule has 0 heterocycles. The standard InChI is InChI=1S/C25H21Cl/c1-16-14-19-4-2-3-5-22(19)24-13-9-20-15-18(8-12-23(20)25(16)24)17-6-10-21(26)11-7-17/h2-7,9-11,13,18H,1,8,12,14-15H2. The minimum absolute atomic E-state index is 0.585. The molecule has 2 aliphatic carbocycles. The molecule has 0 radical (unpaired) electrons. The molecule has 0 amide bonds. The Morgan fingerprint density at radius 2 is 1.65 bits per heavy atom. The van der Waals surface area contributed by atoms with Crippen LogP contribution in [-0.2, 0) is 19.3 Å². The first-order valence-corrected chi connectivity index (χ1v) is 9.75. The predicted octanol–water partition coefficient (Wildman–Crippen LogP) is 6.85. The molecule has 5 rings (SSSR count). The fourth-order valence-corrected chi connectivity index (χ4v) is 4.88. The summed E-state index contributed by atoms with van der Waals surface area (Å²) in [5.74, 6) is 0.585. The van der Waals surface area contributed by atoms with Crippen molar-refractivity contribution in [2.45, 2.75) is 31.6 Å². The molecule has 2 aliphatic rings. The zero-order valence-corrected chi connectivity index (χ0v) is 15.5. The number of benzene rings is 3. The number of hydrogen-bond acceptors (Lipinski definition) is 0. The molecule has 1 heteroatoms. The molecule has 3 aromatic carbocycles. The van der Waals surface area contributed by atoms with Crippen molar-refractivity contribution in [3.8, 4) is 11.1 Å². The van der Waals surface area contributed by atoms with Gasteiger partial charge in [0.05, 0.1) is 0 Å². The topological polar surface area (TPSA) is 0 Å². The lowest BCUT2D eigenvalue weighted by Gasteiger charge is -2.31. The highest BCUT2D eigenvalue weighted by atomic mass is 35.5. The van der Waals surface area contributed by atoms with Crippen LogP contribution in [0.3, 0.4) is 0 Å². The van der Waals surface area contributed by atoms with Crippen molar-refractivity contribution in [3.05, 3.63) is 100 Å². The summed E-state index contributed by atoms with van der Waals surface area (Å²) in [6, 6.07) is 21.8. The lowest BCUT2D eigenvalue weighted by Crippen LogP contribution is -2.16. The van der Waals surface area contributed by atoms with E-state index in [1.165, 1.54) is 50.9 Å². The molecule has 0 saturated carbocycles. The zero-order valence-electron chi connectivity index (χ0n) is 14.8. The van der Waals surface area contributed by atoms with Gasteiger partial charge in [0.25, 0.3) is 0 Å². The van der Waals surface area contributed by atoms with Crippen molar-refractivity contribution in [1.29, 1.82) is 0 Å². The summed E-state index contributed by atoms with van der Waals surface area (Å²) in [7, 11) is 0. The van der Waals surface area contributed by atoms with E-state index in [9.17, 15) is 0 Å². The summed E-state index contributed by atoms with van der Waals surface area (Å²) in [6.45, 7) is 4.43. The van der Waals surface area contributed by atoms with E-state index in [0.29, 0.717) is 5.92 Å². The highest BCUT2D eigenvalue weighted by molar-refractivity contribution is 6.30. The van der Waals surface area contributed by atoms with Gasteiger partial charge in [0.1, 0.15) is 0 Å². The van der Waals surface area contributed by atoms with E-state index in [2.05, 4.69) is 55.1 Å². The quantitative estimate of drug-likeness (QED) is 0.447. The molecular weight excluding hydrogens is 336 g/mol. The van der Waals surface area contributed by atoms with Gasteiger partial charge < -0.3 is 0 Å². The molecule has 0 aliphatic heterocycles. The number of halogens is 1. The minimum Gasteiger partial charge on any atom is -0.0949 e. The van der Waals surface area contributed by atoms with Gasteiger partial charge in [0.15, 0.2) is 0 Å². The summed E-state index contributed by atoms with van der Waals surface area (Å²) in [5.41, 5.74) is 11.3. The van der Waals surface area contributed by atoms with E-state index in [-0.39, 0.29) is 0 Å². The predicted molar refractivity (Wildman–Crippen MR) is 111 cm³/mol. The summed E-state index contributed by atoms with van der Waals surface area (Å²) < 4.78 is 0. The second-order valence-electron chi connectivity index (χ2n) is 7.55. The molecule has 0 fully saturated rings. The SMILES string of the molecule is C=C1Cc2ccccc2-c2ccc3c(c21)CCC(c1ccc(Cl)cc1)C3. The number of fused-ring (bicyclic) bond motifs is 5. The Morgan fingerprint density at radius 1 is 0.846 bits per heavy atom. The van der Waals surface area contributed by atoms with Crippen LogP contribution in [-0.4, -0.2) is 0 Å². The molecule has 3 aromatic rings. The second-order valence-corrected chi connectivity index (χ2v) is 7.99. The normalized spacial score (nSPS) is 18.0. The molecule has 0 N–H and O–H groups in total. The van der Waals surface area contributed by atoms with Crippen LogP contribution in [0.15, 0.2) is 67.2 Å². The van der Waals surface area contributed by atoms with Crippen LogP contribution in [0.25, 0.3) is 16.7 Å². The summed E-state index contributed by atoms with van der Waals surface area (Å²) >= 11 is 6.06. The van der Waals surface area contributed by atoms with Crippen molar-refractivity contribution in [3.63, 3.8) is 0 Å². The van der Waals surface area contributed by atoms with Gasteiger partial charge in [-0.25, -0.2) is 0 Å². The maximum absolute atomic E-state index is 6.06. The summed E-state index contributed by atoms with van der Waals surface area (Å²) in [5, 5.41) is 0.814. The Morgan fingerprint density at radius 3 is 2.50 bits per heavy atom. The van der Waals surface area contributed by atoms with E-state index in [1.807, 2.05) is 12.1 Å². The van der Waals surface area contributed by atoms with Gasteiger partial charge in [0.2, 0.25) is 0 Å².